The highest BCUT2D eigenvalue weighted by molar-refractivity contribution is 5.64. The lowest BCUT2D eigenvalue weighted by molar-refractivity contribution is 0.0764. The largest absolute Gasteiger partial charge is 0.356 e. The first-order valence-corrected chi connectivity index (χ1v) is 37.6. The summed E-state index contributed by atoms with van der Waals surface area (Å²) in [4.78, 5) is 0. The second-order valence-electron chi connectivity index (χ2n) is 36.3. The molecule has 26 rings (SSSR count). The fourth-order valence-corrected chi connectivity index (χ4v) is 30.3. The van der Waals surface area contributed by atoms with Gasteiger partial charge in [0.05, 0.1) is 0 Å². The van der Waals surface area contributed by atoms with Crippen LogP contribution in [0.5, 0.6) is 0 Å². The van der Waals surface area contributed by atoms with E-state index in [2.05, 4.69) is 162 Å². The molecule has 6 aromatic carbocycles. The van der Waals surface area contributed by atoms with Crippen LogP contribution in [0.3, 0.4) is 0 Å². The number of hydrogen-bond acceptors (Lipinski definition) is 3. The molecule has 89 heavy (non-hydrogen) atoms. The molecule has 3 N–H and O–H groups in total. The van der Waals surface area contributed by atoms with Gasteiger partial charge < -0.3 is 16.0 Å². The molecule has 3 heteroatoms. The van der Waals surface area contributed by atoms with Gasteiger partial charge in [-0.25, -0.2) is 0 Å². The Kier molecular flexibility index (Phi) is 10.9. The molecule has 20 saturated carbocycles. The molecule has 0 spiro atoms. The summed E-state index contributed by atoms with van der Waals surface area (Å²) in [6.45, 7) is 0. The van der Waals surface area contributed by atoms with Gasteiger partial charge in [0.15, 0.2) is 0 Å². The molecule has 21 atom stereocenters. The second-order valence-corrected chi connectivity index (χ2v) is 36.3. The average Bonchev–Trinajstić information content (AvgIpc) is 1.62. The Morgan fingerprint density at radius 2 is 0.562 bits per heavy atom. The average molecular weight is 1170 g/mol. The lowest BCUT2D eigenvalue weighted by atomic mass is 9.58. The molecule has 20 fully saturated rings. The van der Waals surface area contributed by atoms with Gasteiger partial charge in [0.1, 0.15) is 0 Å². The van der Waals surface area contributed by atoms with Crippen molar-refractivity contribution >= 4 is 34.1 Å². The van der Waals surface area contributed by atoms with Gasteiger partial charge in [-0.05, 0) is 412 Å². The van der Waals surface area contributed by atoms with Gasteiger partial charge in [-0.3, -0.25) is 0 Å². The zero-order chi connectivity index (χ0) is 57.7. The van der Waals surface area contributed by atoms with Crippen molar-refractivity contribution in [3.05, 3.63) is 179 Å². The quantitative estimate of drug-likeness (QED) is 0.102. The van der Waals surface area contributed by atoms with Crippen LogP contribution in [0.25, 0.3) is 0 Å². The number of nitrogens with one attached hydrogen (secondary N) is 3. The lowest BCUT2D eigenvalue weighted by Crippen LogP contribution is -2.40. The van der Waals surface area contributed by atoms with Crippen LogP contribution < -0.4 is 16.0 Å². The summed E-state index contributed by atoms with van der Waals surface area (Å²) in [7, 11) is 0. The Morgan fingerprint density at radius 3 is 0.966 bits per heavy atom. The Bertz CT molecular complexity index is 3720. The topological polar surface area (TPSA) is 36.1 Å². The van der Waals surface area contributed by atoms with E-state index in [4.69, 9.17) is 0 Å². The number of fused-ring (bicyclic) bond motifs is 4. The molecule has 0 aliphatic heterocycles. The molecule has 20 aliphatic carbocycles. The predicted molar refractivity (Wildman–Crippen MR) is 361 cm³/mol. The van der Waals surface area contributed by atoms with Gasteiger partial charge in [0, 0.05) is 34.1 Å². The molecular formula is C86H97N3. The molecule has 0 saturated heterocycles. The fourth-order valence-electron chi connectivity index (χ4n) is 30.3. The lowest BCUT2D eigenvalue weighted by Gasteiger charge is -2.46. The van der Waals surface area contributed by atoms with E-state index in [1.807, 2.05) is 0 Å². The van der Waals surface area contributed by atoms with Gasteiger partial charge in [-0.15, -0.1) is 0 Å². The molecule has 456 valence electrons. The molecule has 0 amide bonds. The summed E-state index contributed by atoms with van der Waals surface area (Å²) < 4.78 is 0. The summed E-state index contributed by atoms with van der Waals surface area (Å²) >= 11 is 0. The third kappa shape index (κ3) is 7.69. The standard InChI is InChI=1S/C86H97N3/c1-13-68(87-70-17-5-64(6-18-70)83-36-51-27-55(39-83)56(28-51)40-83)14-2-53(1)74-31-50-32-75(74)76(33-50)80-61-34-59-43-85(45-61,48-78(59)80)66-9-21-72(22-10-66)88-69-15-3-63(4-16-69)82-26-25-54(38-82)77(47-82)81-62-35-60-44-86(46-62,49-79(60)81)67-11-23-73(24-12-67)89-71-19-7-65(8-20-71)84-37-52-29-57(41-84)58(30-52)42-84/h1-24,50-52,54-62,74-81,87-89H,25-49H2. The summed E-state index contributed by atoms with van der Waals surface area (Å²) in [6, 6.07) is 59.1. The Labute approximate surface area is 532 Å². The molecule has 0 aromatic heterocycles. The van der Waals surface area contributed by atoms with Crippen LogP contribution in [0.1, 0.15) is 200 Å². The van der Waals surface area contributed by atoms with Crippen molar-refractivity contribution in [3.8, 4) is 0 Å². The van der Waals surface area contributed by atoms with Crippen LogP contribution in [-0.2, 0) is 27.1 Å². The van der Waals surface area contributed by atoms with E-state index < -0.39 is 0 Å². The van der Waals surface area contributed by atoms with E-state index in [-0.39, 0.29) is 0 Å². The van der Waals surface area contributed by atoms with Crippen molar-refractivity contribution in [1.82, 2.24) is 0 Å². The smallest absolute Gasteiger partial charge is 0.0384 e. The summed E-state index contributed by atoms with van der Waals surface area (Å²) in [6.07, 6.45) is 36.7. The van der Waals surface area contributed by atoms with Crippen molar-refractivity contribution in [2.45, 2.75) is 194 Å². The minimum Gasteiger partial charge on any atom is -0.356 e. The van der Waals surface area contributed by atoms with E-state index in [1.165, 1.54) is 195 Å². The molecular weight excluding hydrogens is 1070 g/mol. The second kappa shape index (κ2) is 18.5. The number of rotatable bonds is 14. The van der Waals surface area contributed by atoms with Gasteiger partial charge in [-0.1, -0.05) is 72.8 Å². The van der Waals surface area contributed by atoms with Crippen LogP contribution in [0.4, 0.5) is 34.1 Å². The normalized spacial score (nSPS) is 46.7. The molecule has 3 nitrogen and oxygen atoms in total. The number of benzene rings is 6. The van der Waals surface area contributed by atoms with Gasteiger partial charge in [0.25, 0.3) is 0 Å². The number of hydrogen-bond donors (Lipinski definition) is 3. The monoisotopic (exact) mass is 1170 g/mol. The maximum atomic E-state index is 3.89. The first-order valence-electron chi connectivity index (χ1n) is 37.6. The van der Waals surface area contributed by atoms with Gasteiger partial charge >= 0.3 is 0 Å². The SMILES string of the molecule is c1cc(C2CC3CC2C(C2C4CC5CC(c6ccc(Nc7ccc(C89CCC(C8)C(C8C%10CC%11CC(c%12ccc(Nc%13ccc(C%14%15CC%16CC(C%14)C(C%16)C%15)cc%13)cc%12)(C%10)CC%118)C9)cc7)cc6)(C4)CC52)C3)ccc1Nc1ccc(C23CC4CC(C2)C(C4)C3)cc1. The fraction of sp³-hybridized carbons (Fsp3) is 0.581. The summed E-state index contributed by atoms with van der Waals surface area (Å²) in [5.41, 5.74) is 19.5. The minimum atomic E-state index is 0.397. The zero-order valence-corrected chi connectivity index (χ0v) is 53.1. The first-order chi connectivity index (χ1) is 43.6. The minimum absolute atomic E-state index is 0.397. The first kappa shape index (κ1) is 52.2. The van der Waals surface area contributed by atoms with Crippen LogP contribution in [0.15, 0.2) is 146 Å². The molecule has 20 bridgehead atoms. The third-order valence-corrected chi connectivity index (χ3v) is 32.6. The van der Waals surface area contributed by atoms with Crippen LogP contribution >= 0.6 is 0 Å². The van der Waals surface area contributed by atoms with E-state index in [0.717, 1.165) is 118 Å². The Hall–Kier alpha value is -5.28. The van der Waals surface area contributed by atoms with Crippen molar-refractivity contribution in [1.29, 1.82) is 0 Å². The van der Waals surface area contributed by atoms with Crippen LogP contribution in [-0.4, -0.2) is 0 Å². The molecule has 21 unspecified atom stereocenters. The van der Waals surface area contributed by atoms with E-state index >= 15 is 0 Å². The van der Waals surface area contributed by atoms with Crippen LogP contribution in [0.2, 0.25) is 0 Å². The van der Waals surface area contributed by atoms with Crippen molar-refractivity contribution < 1.29 is 0 Å². The summed E-state index contributed by atoms with van der Waals surface area (Å²) in [5.74, 6) is 19.1. The van der Waals surface area contributed by atoms with Crippen LogP contribution in [0, 0.1) is 112 Å². The summed E-state index contributed by atoms with van der Waals surface area (Å²) in [5, 5.41) is 11.5. The van der Waals surface area contributed by atoms with E-state index in [0.29, 0.717) is 27.1 Å². The van der Waals surface area contributed by atoms with E-state index in [1.54, 1.807) is 33.4 Å². The molecule has 20 aliphatic rings. The van der Waals surface area contributed by atoms with E-state index in [9.17, 15) is 0 Å². The Balaban J connectivity index is 0.422. The molecule has 6 aromatic rings. The van der Waals surface area contributed by atoms with Crippen molar-refractivity contribution in [3.63, 3.8) is 0 Å². The highest BCUT2D eigenvalue weighted by Crippen LogP contribution is 2.75. The maximum Gasteiger partial charge on any atom is 0.0384 e. The maximum absolute atomic E-state index is 3.89. The highest BCUT2D eigenvalue weighted by atomic mass is 14.9. The Morgan fingerprint density at radius 1 is 0.236 bits per heavy atom. The van der Waals surface area contributed by atoms with Gasteiger partial charge in [0.2, 0.25) is 0 Å². The molecule has 0 radical (unpaired) electrons. The highest BCUT2D eigenvalue weighted by Gasteiger charge is 2.67. The van der Waals surface area contributed by atoms with Gasteiger partial charge in [-0.2, -0.15) is 0 Å². The molecule has 0 heterocycles. The predicted octanol–water partition coefficient (Wildman–Crippen LogP) is 21.3. The third-order valence-electron chi connectivity index (χ3n) is 32.6. The van der Waals surface area contributed by atoms with Crippen molar-refractivity contribution in [2.75, 3.05) is 16.0 Å². The van der Waals surface area contributed by atoms with Crippen molar-refractivity contribution in [2.24, 2.45) is 112 Å². The zero-order valence-electron chi connectivity index (χ0n) is 53.1. The number of anilines is 6.